The molecular weight excluding hydrogens is 434 g/mol. The predicted molar refractivity (Wildman–Crippen MR) is 129 cm³/mol. The fraction of sp³-hybridized carbons (Fsp3) is 0.318. The first-order valence-electron chi connectivity index (χ1n) is 9.98. The van der Waals surface area contributed by atoms with Gasteiger partial charge < -0.3 is 9.80 Å². The highest BCUT2D eigenvalue weighted by Gasteiger charge is 2.32. The molecule has 0 atom stereocenters. The van der Waals surface area contributed by atoms with Gasteiger partial charge in [0.05, 0.1) is 4.91 Å². The fourth-order valence-corrected chi connectivity index (χ4v) is 5.63. The third-order valence-electron chi connectivity index (χ3n) is 5.22. The van der Waals surface area contributed by atoms with Crippen molar-refractivity contribution in [1.29, 1.82) is 0 Å². The van der Waals surface area contributed by atoms with Crippen LogP contribution in [0.3, 0.4) is 0 Å². The van der Waals surface area contributed by atoms with Gasteiger partial charge in [-0.3, -0.25) is 14.5 Å². The monoisotopic (exact) mass is 457 g/mol. The summed E-state index contributed by atoms with van der Waals surface area (Å²) in [4.78, 5) is 32.8. The van der Waals surface area contributed by atoms with E-state index in [4.69, 9.17) is 12.2 Å². The topological polar surface area (TPSA) is 43.9 Å². The maximum Gasteiger partial charge on any atom is 0.266 e. The molecule has 2 amide bonds. The molecule has 1 aromatic heterocycles. The second-order valence-corrected chi connectivity index (χ2v) is 9.81. The van der Waals surface area contributed by atoms with E-state index >= 15 is 0 Å². The Morgan fingerprint density at radius 2 is 1.83 bits per heavy atom. The van der Waals surface area contributed by atoms with E-state index in [2.05, 4.69) is 17.0 Å². The van der Waals surface area contributed by atoms with Crippen LogP contribution >= 0.6 is 35.3 Å². The zero-order valence-electron chi connectivity index (χ0n) is 16.5. The minimum Gasteiger partial charge on any atom is -0.368 e. The molecule has 0 N–H and O–H groups in total. The summed E-state index contributed by atoms with van der Waals surface area (Å²) in [6.07, 6.45) is 2.95. The fourth-order valence-electron chi connectivity index (χ4n) is 3.59. The molecular formula is C22H23N3O2S3. The summed E-state index contributed by atoms with van der Waals surface area (Å²) in [6.45, 7) is 3.65. The summed E-state index contributed by atoms with van der Waals surface area (Å²) in [5.41, 5.74) is 1.20. The Bertz CT molecular complexity index is 936. The third-order valence-corrected chi connectivity index (χ3v) is 7.41. The van der Waals surface area contributed by atoms with E-state index in [9.17, 15) is 9.59 Å². The Labute approximate surface area is 190 Å². The summed E-state index contributed by atoms with van der Waals surface area (Å²) >= 11 is 8.32. The molecule has 0 spiro atoms. The van der Waals surface area contributed by atoms with Gasteiger partial charge in [-0.15, -0.1) is 11.3 Å². The molecule has 2 aromatic rings. The number of rotatable bonds is 6. The largest absolute Gasteiger partial charge is 0.368 e. The maximum absolute atomic E-state index is 12.6. The number of thiophene rings is 1. The van der Waals surface area contributed by atoms with Gasteiger partial charge in [-0.25, -0.2) is 0 Å². The number of carbonyl (C=O) groups excluding carboxylic acids is 2. The lowest BCUT2D eigenvalue weighted by atomic mass is 10.2. The number of benzene rings is 1. The number of nitrogens with zero attached hydrogens (tertiary/aromatic N) is 3. The van der Waals surface area contributed by atoms with Gasteiger partial charge in [0.2, 0.25) is 5.91 Å². The smallest absolute Gasteiger partial charge is 0.266 e. The average molecular weight is 458 g/mol. The highest BCUT2D eigenvalue weighted by molar-refractivity contribution is 8.26. The van der Waals surface area contributed by atoms with Gasteiger partial charge in [0.1, 0.15) is 4.32 Å². The lowest BCUT2D eigenvalue weighted by Crippen LogP contribution is -2.48. The lowest BCUT2D eigenvalue weighted by Gasteiger charge is -2.36. The van der Waals surface area contributed by atoms with E-state index in [1.807, 2.05) is 46.7 Å². The summed E-state index contributed by atoms with van der Waals surface area (Å²) in [6, 6.07) is 14.2. The SMILES string of the molecule is O=C(CCCN1C(=O)C(=Cc2cccs2)SC1=S)N1CCN(c2ccccc2)CC1. The summed E-state index contributed by atoms with van der Waals surface area (Å²) in [5.74, 6) is 0.101. The van der Waals surface area contributed by atoms with Crippen LogP contribution in [-0.2, 0) is 9.59 Å². The Kier molecular flexibility index (Phi) is 6.86. The van der Waals surface area contributed by atoms with Gasteiger partial charge in [0.15, 0.2) is 0 Å². The molecule has 156 valence electrons. The molecule has 0 radical (unpaired) electrons. The number of amides is 2. The van der Waals surface area contributed by atoms with Crippen molar-refractivity contribution in [1.82, 2.24) is 9.80 Å². The van der Waals surface area contributed by atoms with Crippen molar-refractivity contribution in [2.24, 2.45) is 0 Å². The van der Waals surface area contributed by atoms with Crippen molar-refractivity contribution in [2.45, 2.75) is 12.8 Å². The molecule has 0 saturated carbocycles. The van der Waals surface area contributed by atoms with E-state index in [1.165, 1.54) is 17.4 Å². The molecule has 5 nitrogen and oxygen atoms in total. The number of thiocarbonyl (C=S) groups is 1. The first-order chi connectivity index (χ1) is 14.6. The van der Waals surface area contributed by atoms with Crippen LogP contribution in [0.1, 0.15) is 17.7 Å². The van der Waals surface area contributed by atoms with Crippen LogP contribution in [-0.4, -0.2) is 58.7 Å². The van der Waals surface area contributed by atoms with Crippen LogP contribution in [0.25, 0.3) is 6.08 Å². The van der Waals surface area contributed by atoms with Crippen molar-refractivity contribution < 1.29 is 9.59 Å². The summed E-state index contributed by atoms with van der Waals surface area (Å²) in [5, 5.41) is 1.98. The molecule has 30 heavy (non-hydrogen) atoms. The second kappa shape index (κ2) is 9.76. The molecule has 8 heteroatoms. The molecule has 3 heterocycles. The molecule has 4 rings (SSSR count). The predicted octanol–water partition coefficient (Wildman–Crippen LogP) is 4.08. The molecule has 0 bridgehead atoms. The van der Waals surface area contributed by atoms with Crippen molar-refractivity contribution in [3.8, 4) is 0 Å². The second-order valence-electron chi connectivity index (χ2n) is 7.16. The molecule has 0 unspecified atom stereocenters. The van der Waals surface area contributed by atoms with Crippen LogP contribution < -0.4 is 4.90 Å². The van der Waals surface area contributed by atoms with Gasteiger partial charge in [-0.1, -0.05) is 48.2 Å². The van der Waals surface area contributed by atoms with E-state index < -0.39 is 0 Å². The van der Waals surface area contributed by atoms with Crippen molar-refractivity contribution >= 4 is 63.2 Å². The molecule has 2 aliphatic rings. The standard InChI is InChI=1S/C22H23N3O2S3/c26-20(24-13-11-23(12-14-24)17-6-2-1-3-7-17)9-4-10-25-21(27)19(30-22(25)28)16-18-8-5-15-29-18/h1-3,5-8,15-16H,4,9-14H2. The summed E-state index contributed by atoms with van der Waals surface area (Å²) < 4.78 is 0.576. The number of thioether (sulfide) groups is 1. The third kappa shape index (κ3) is 4.94. The average Bonchev–Trinajstić information content (AvgIpc) is 3.38. The highest BCUT2D eigenvalue weighted by atomic mass is 32.2. The van der Waals surface area contributed by atoms with Gasteiger partial charge >= 0.3 is 0 Å². The highest BCUT2D eigenvalue weighted by Crippen LogP contribution is 2.33. The van der Waals surface area contributed by atoms with Crippen molar-refractivity contribution in [3.05, 3.63) is 57.6 Å². The summed E-state index contributed by atoms with van der Waals surface area (Å²) in [7, 11) is 0. The Balaban J connectivity index is 1.23. The minimum atomic E-state index is -0.0534. The maximum atomic E-state index is 12.6. The zero-order valence-corrected chi connectivity index (χ0v) is 19.0. The van der Waals surface area contributed by atoms with Crippen molar-refractivity contribution in [3.63, 3.8) is 0 Å². The van der Waals surface area contributed by atoms with Gasteiger partial charge in [-0.2, -0.15) is 0 Å². The first kappa shape index (κ1) is 21.1. The lowest BCUT2D eigenvalue weighted by molar-refractivity contribution is -0.132. The number of hydrogen-bond donors (Lipinski definition) is 0. The number of carbonyl (C=O) groups is 2. The van der Waals surface area contributed by atoms with Crippen LogP contribution in [0, 0.1) is 0 Å². The van der Waals surface area contributed by atoms with Gasteiger partial charge in [0.25, 0.3) is 5.91 Å². The van der Waals surface area contributed by atoms with Crippen LogP contribution in [0.5, 0.6) is 0 Å². The molecule has 2 aliphatic heterocycles. The van der Waals surface area contributed by atoms with E-state index in [-0.39, 0.29) is 11.8 Å². The number of anilines is 1. The Morgan fingerprint density at radius 1 is 1.07 bits per heavy atom. The molecule has 0 aliphatic carbocycles. The first-order valence-corrected chi connectivity index (χ1v) is 12.1. The molecule has 2 fully saturated rings. The number of para-hydroxylation sites is 1. The van der Waals surface area contributed by atoms with E-state index in [1.54, 1.807) is 16.2 Å². The van der Waals surface area contributed by atoms with Gasteiger partial charge in [0, 0.05) is 49.7 Å². The van der Waals surface area contributed by atoms with E-state index in [0.29, 0.717) is 28.6 Å². The van der Waals surface area contributed by atoms with Crippen LogP contribution in [0.2, 0.25) is 0 Å². The molecule has 2 saturated heterocycles. The van der Waals surface area contributed by atoms with E-state index in [0.717, 1.165) is 31.1 Å². The van der Waals surface area contributed by atoms with Gasteiger partial charge in [-0.05, 0) is 36.1 Å². The number of piperazine rings is 1. The normalized spacial score (nSPS) is 18.5. The zero-order chi connectivity index (χ0) is 20.9. The molecule has 1 aromatic carbocycles. The van der Waals surface area contributed by atoms with Crippen LogP contribution in [0.15, 0.2) is 52.7 Å². The number of hydrogen-bond acceptors (Lipinski definition) is 6. The quantitative estimate of drug-likeness (QED) is 0.483. The Morgan fingerprint density at radius 3 is 2.53 bits per heavy atom. The van der Waals surface area contributed by atoms with Crippen LogP contribution in [0.4, 0.5) is 5.69 Å². The van der Waals surface area contributed by atoms with Crippen molar-refractivity contribution in [2.75, 3.05) is 37.6 Å². The minimum absolute atomic E-state index is 0.0534. The Hall–Kier alpha value is -2.16.